The lowest BCUT2D eigenvalue weighted by molar-refractivity contribution is -0.167. The Labute approximate surface area is 510 Å². The number of esters is 3. The lowest BCUT2D eigenvalue weighted by Crippen LogP contribution is -2.30. The van der Waals surface area contributed by atoms with Gasteiger partial charge < -0.3 is 14.2 Å². The molecule has 82 heavy (non-hydrogen) atoms. The normalized spacial score (nSPS) is 12.5. The second-order valence-corrected chi connectivity index (χ2v) is 24.1. The molecule has 0 aromatic carbocycles. The first-order valence-electron chi connectivity index (χ1n) is 35.9. The summed E-state index contributed by atoms with van der Waals surface area (Å²) < 4.78 is 16.9. The smallest absolute Gasteiger partial charge is 0.306 e. The molecule has 6 nitrogen and oxygen atoms in total. The van der Waals surface area contributed by atoms with Gasteiger partial charge in [-0.3, -0.25) is 14.4 Å². The van der Waals surface area contributed by atoms with Crippen LogP contribution >= 0.6 is 0 Å². The number of carbonyl (C=O) groups excluding carboxylic acids is 3. The van der Waals surface area contributed by atoms with Gasteiger partial charge in [-0.15, -0.1) is 0 Å². The molecule has 0 aliphatic rings. The topological polar surface area (TPSA) is 78.9 Å². The van der Waals surface area contributed by atoms with Gasteiger partial charge in [-0.1, -0.05) is 357 Å². The Morgan fingerprint density at radius 2 is 0.476 bits per heavy atom. The lowest BCUT2D eigenvalue weighted by atomic mass is 10.0. The summed E-state index contributed by atoms with van der Waals surface area (Å²) in [6.07, 6.45) is 92.4. The van der Waals surface area contributed by atoms with E-state index in [2.05, 4.69) is 93.7 Å². The first-order chi connectivity index (χ1) is 40.5. The second-order valence-electron chi connectivity index (χ2n) is 24.1. The third kappa shape index (κ3) is 67.6. The number of allylic oxidation sites excluding steroid dienone is 12. The van der Waals surface area contributed by atoms with E-state index < -0.39 is 6.10 Å². The van der Waals surface area contributed by atoms with Crippen molar-refractivity contribution >= 4 is 17.9 Å². The lowest BCUT2D eigenvalue weighted by Gasteiger charge is -2.18. The second kappa shape index (κ2) is 70.3. The Bertz CT molecular complexity index is 1500. The summed E-state index contributed by atoms with van der Waals surface area (Å²) in [5, 5.41) is 0. The number of hydrogen-bond acceptors (Lipinski definition) is 6. The summed E-state index contributed by atoms with van der Waals surface area (Å²) >= 11 is 0. The zero-order valence-corrected chi connectivity index (χ0v) is 54.8. The van der Waals surface area contributed by atoms with Crippen LogP contribution in [0.1, 0.15) is 374 Å². The van der Waals surface area contributed by atoms with Gasteiger partial charge in [0.2, 0.25) is 0 Å². The van der Waals surface area contributed by atoms with Crippen molar-refractivity contribution in [1.82, 2.24) is 0 Å². The van der Waals surface area contributed by atoms with Crippen molar-refractivity contribution in [3.05, 3.63) is 72.9 Å². The zero-order chi connectivity index (χ0) is 59.2. The van der Waals surface area contributed by atoms with E-state index in [0.717, 1.165) is 109 Å². The highest BCUT2D eigenvalue weighted by Gasteiger charge is 2.19. The maximum absolute atomic E-state index is 12.9. The van der Waals surface area contributed by atoms with Crippen LogP contribution in [0.2, 0.25) is 0 Å². The first-order valence-corrected chi connectivity index (χ1v) is 35.9. The van der Waals surface area contributed by atoms with Crippen LogP contribution < -0.4 is 0 Å². The maximum Gasteiger partial charge on any atom is 0.306 e. The Balaban J connectivity index is 4.20. The van der Waals surface area contributed by atoms with Gasteiger partial charge in [0, 0.05) is 19.3 Å². The Kier molecular flexibility index (Phi) is 67.6. The van der Waals surface area contributed by atoms with Crippen molar-refractivity contribution in [3.63, 3.8) is 0 Å². The highest BCUT2D eigenvalue weighted by atomic mass is 16.6. The third-order valence-electron chi connectivity index (χ3n) is 16.0. The van der Waals surface area contributed by atoms with Crippen molar-refractivity contribution in [2.75, 3.05) is 13.2 Å². The van der Waals surface area contributed by atoms with E-state index in [0.29, 0.717) is 19.3 Å². The fraction of sp³-hybridized carbons (Fsp3) is 0.803. The molecule has 0 heterocycles. The highest BCUT2D eigenvalue weighted by molar-refractivity contribution is 5.71. The number of rotatable bonds is 66. The molecule has 0 aliphatic heterocycles. The van der Waals surface area contributed by atoms with Crippen molar-refractivity contribution in [1.29, 1.82) is 0 Å². The van der Waals surface area contributed by atoms with Gasteiger partial charge in [-0.25, -0.2) is 0 Å². The zero-order valence-electron chi connectivity index (χ0n) is 54.8. The molecule has 0 bridgehead atoms. The predicted octanol–water partition coefficient (Wildman–Crippen LogP) is 24.8. The van der Waals surface area contributed by atoms with Gasteiger partial charge >= 0.3 is 17.9 Å². The van der Waals surface area contributed by atoms with Crippen LogP contribution in [0, 0.1) is 0 Å². The van der Waals surface area contributed by atoms with Crippen molar-refractivity contribution < 1.29 is 28.6 Å². The number of ether oxygens (including phenoxy) is 3. The molecular weight excluding hydrogens is 1010 g/mol. The van der Waals surface area contributed by atoms with Crippen LogP contribution in [-0.4, -0.2) is 37.2 Å². The molecule has 0 N–H and O–H groups in total. The molecule has 0 saturated heterocycles. The molecule has 0 fully saturated rings. The molecule has 0 aliphatic carbocycles. The fourth-order valence-corrected chi connectivity index (χ4v) is 10.6. The quantitative estimate of drug-likeness (QED) is 0.0261. The molecule has 0 amide bonds. The van der Waals surface area contributed by atoms with Crippen molar-refractivity contribution in [3.8, 4) is 0 Å². The Hall–Kier alpha value is -3.15. The molecule has 0 rings (SSSR count). The van der Waals surface area contributed by atoms with Crippen molar-refractivity contribution in [2.24, 2.45) is 0 Å². The minimum absolute atomic E-state index is 0.0815. The van der Waals surface area contributed by atoms with Gasteiger partial charge in [0.25, 0.3) is 0 Å². The molecule has 1 atom stereocenters. The van der Waals surface area contributed by atoms with E-state index in [4.69, 9.17) is 14.2 Å². The summed E-state index contributed by atoms with van der Waals surface area (Å²) in [5.74, 6) is -0.887. The monoisotopic (exact) mass is 1150 g/mol. The molecule has 1 unspecified atom stereocenters. The van der Waals surface area contributed by atoms with E-state index in [-0.39, 0.29) is 31.1 Å². The van der Waals surface area contributed by atoms with E-state index >= 15 is 0 Å². The Morgan fingerprint density at radius 1 is 0.256 bits per heavy atom. The Morgan fingerprint density at radius 3 is 0.744 bits per heavy atom. The van der Waals surface area contributed by atoms with E-state index in [9.17, 15) is 14.4 Å². The average molecular weight is 1150 g/mol. The molecule has 0 aromatic heterocycles. The molecule has 0 radical (unpaired) electrons. The first kappa shape index (κ1) is 78.8. The molecule has 476 valence electrons. The number of carbonyl (C=O) groups is 3. The van der Waals surface area contributed by atoms with Gasteiger partial charge in [-0.05, 0) is 70.6 Å². The number of hydrogen-bond donors (Lipinski definition) is 0. The van der Waals surface area contributed by atoms with Gasteiger partial charge in [0.1, 0.15) is 13.2 Å². The molecule has 0 spiro atoms. The van der Waals surface area contributed by atoms with Crippen LogP contribution in [-0.2, 0) is 28.6 Å². The van der Waals surface area contributed by atoms with Gasteiger partial charge in [0.15, 0.2) is 6.10 Å². The van der Waals surface area contributed by atoms with Crippen LogP contribution in [0.5, 0.6) is 0 Å². The standard InChI is InChI=1S/C76H136O6/c1-4-7-10-13-16-19-22-24-26-28-30-32-34-35-36-37-38-39-40-42-43-45-47-49-51-54-57-60-63-66-69-75(78)81-72-73(71-80-74(77)68-65-62-59-56-53-21-18-15-12-9-6-3)82-76(79)70-67-64-61-58-55-52-50-48-46-44-41-33-31-29-27-25-23-20-17-14-11-8-5-2/h8,11,17,20,25,27,31,33,44,46,50,52,73H,4-7,9-10,12-16,18-19,21-24,26,28-30,32,34-43,45,47-49,51,53-72H2,1-3H3/b11-8-,20-17-,27-25-,33-31-,46-44-,52-50-. The summed E-state index contributed by atoms with van der Waals surface area (Å²) in [6, 6.07) is 0. The third-order valence-corrected chi connectivity index (χ3v) is 16.0. The largest absolute Gasteiger partial charge is 0.462 e. The van der Waals surface area contributed by atoms with Gasteiger partial charge in [0.05, 0.1) is 0 Å². The SMILES string of the molecule is CC/C=C\C/C=C\C/C=C\C/C=C\C/C=C\C/C=C\CCCCCCC(=O)OC(COC(=O)CCCCCCCCCCCCC)COC(=O)CCCCCCCCCCCCCCCCCCCCCCCCCCCCCCCC. The summed E-state index contributed by atoms with van der Waals surface area (Å²) in [5.41, 5.74) is 0. The van der Waals surface area contributed by atoms with Crippen LogP contribution in [0.4, 0.5) is 0 Å². The molecule has 6 heteroatoms. The fourth-order valence-electron chi connectivity index (χ4n) is 10.6. The molecule has 0 aromatic rings. The van der Waals surface area contributed by atoms with Crippen LogP contribution in [0.15, 0.2) is 72.9 Å². The van der Waals surface area contributed by atoms with Crippen LogP contribution in [0.25, 0.3) is 0 Å². The van der Waals surface area contributed by atoms with E-state index in [1.54, 1.807) is 0 Å². The van der Waals surface area contributed by atoms with Crippen molar-refractivity contribution in [2.45, 2.75) is 380 Å². The van der Waals surface area contributed by atoms with Crippen LogP contribution in [0.3, 0.4) is 0 Å². The summed E-state index contributed by atoms with van der Waals surface area (Å²) in [6.45, 7) is 6.55. The van der Waals surface area contributed by atoms with Gasteiger partial charge in [-0.2, -0.15) is 0 Å². The summed E-state index contributed by atoms with van der Waals surface area (Å²) in [7, 11) is 0. The van der Waals surface area contributed by atoms with E-state index in [1.165, 1.54) is 225 Å². The minimum atomic E-state index is -0.788. The minimum Gasteiger partial charge on any atom is -0.462 e. The molecule has 0 saturated carbocycles. The molecular formula is C76H136O6. The predicted molar refractivity (Wildman–Crippen MR) is 358 cm³/mol. The average Bonchev–Trinajstić information content (AvgIpc) is 3.48. The maximum atomic E-state index is 12.9. The number of unbranched alkanes of at least 4 members (excludes halogenated alkanes) is 43. The highest BCUT2D eigenvalue weighted by Crippen LogP contribution is 2.18. The van der Waals surface area contributed by atoms with E-state index in [1.807, 2.05) is 0 Å². The summed E-state index contributed by atoms with van der Waals surface area (Å²) in [4.78, 5) is 38.4.